The van der Waals surface area contributed by atoms with Crippen molar-refractivity contribution < 1.29 is 54.4 Å². The minimum Gasteiger partial charge on any atom is -0.474 e. The SMILES string of the molecule is CC(C)[Si](O)(O[Si](O[C@H]1[C@H]2O[P@](=S)(OCCC#N)OC[C@H]3C[C@@H](Oc4ccncn4)C[C@@H]3O[P@](=O)(S)OC[C@H]1O[C@H]2n1cc(F)c2c(=O)[nH]cnc21)(C(C)C)C(C)C)C(C)C. The number of hydrogen-bond acceptors (Lipinski definition) is 17. The number of ether oxygens (including phenoxy) is 2. The fourth-order valence-corrected chi connectivity index (χ4v) is 21.7. The maximum Gasteiger partial charge on any atom is 0.386 e. The molecule has 3 aromatic rings. The van der Waals surface area contributed by atoms with E-state index in [1.807, 2.05) is 61.5 Å². The van der Waals surface area contributed by atoms with E-state index in [-0.39, 0.29) is 59.3 Å². The van der Waals surface area contributed by atoms with E-state index >= 15 is 4.39 Å². The van der Waals surface area contributed by atoms with E-state index in [0.29, 0.717) is 12.3 Å². The Morgan fingerprint density at radius 1 is 1.08 bits per heavy atom. The Morgan fingerprint density at radius 2 is 1.80 bits per heavy atom. The minimum absolute atomic E-state index is 0.0583. The van der Waals surface area contributed by atoms with Crippen molar-refractivity contribution in [1.29, 1.82) is 5.26 Å². The molecule has 0 unspecified atom stereocenters. The highest BCUT2D eigenvalue weighted by Gasteiger charge is 2.60. The van der Waals surface area contributed by atoms with Gasteiger partial charge < -0.3 is 41.4 Å². The van der Waals surface area contributed by atoms with Crippen molar-refractivity contribution in [3.63, 3.8) is 0 Å². The molecule has 0 spiro atoms. The molecule has 1 aliphatic carbocycles. The molecule has 2 bridgehead atoms. The maximum absolute atomic E-state index is 15.7. The van der Waals surface area contributed by atoms with Crippen LogP contribution in [0.1, 0.15) is 80.9 Å². The van der Waals surface area contributed by atoms with Crippen LogP contribution in [0.25, 0.3) is 11.0 Å². The largest absolute Gasteiger partial charge is 0.474 e. The van der Waals surface area contributed by atoms with E-state index in [9.17, 15) is 19.4 Å². The summed E-state index contributed by atoms with van der Waals surface area (Å²) in [5.41, 5.74) is -1.83. The van der Waals surface area contributed by atoms with Gasteiger partial charge in [0, 0.05) is 30.8 Å². The molecule has 9 atom stereocenters. The van der Waals surface area contributed by atoms with Crippen LogP contribution in [0.4, 0.5) is 4.39 Å². The Hall–Kier alpha value is -1.98. The molecule has 2 saturated heterocycles. The van der Waals surface area contributed by atoms with Gasteiger partial charge in [0.15, 0.2) is 17.7 Å². The highest BCUT2D eigenvalue weighted by molar-refractivity contribution is 8.44. The van der Waals surface area contributed by atoms with Gasteiger partial charge in [0.25, 0.3) is 5.56 Å². The number of nitrogens with zero attached hydrogens (tertiary/aromatic N) is 5. The summed E-state index contributed by atoms with van der Waals surface area (Å²) in [6.07, 6.45) is -0.670. The zero-order valence-electron chi connectivity index (χ0n) is 35.3. The number of aromatic nitrogens is 5. The van der Waals surface area contributed by atoms with Crippen LogP contribution in [0.5, 0.6) is 5.88 Å². The molecule has 2 N–H and O–H groups in total. The second-order valence-corrected chi connectivity index (χ2v) is 31.1. The van der Waals surface area contributed by atoms with Crippen LogP contribution in [0.2, 0.25) is 22.2 Å². The Morgan fingerprint density at radius 3 is 2.44 bits per heavy atom. The minimum atomic E-state index is -4.21. The van der Waals surface area contributed by atoms with Crippen molar-refractivity contribution in [2.45, 2.75) is 134 Å². The Kier molecular flexibility index (Phi) is 15.6. The quantitative estimate of drug-likeness (QED) is 0.0623. The van der Waals surface area contributed by atoms with E-state index in [0.717, 1.165) is 12.5 Å². The summed E-state index contributed by atoms with van der Waals surface area (Å²) in [5.74, 6) is -1.05. The molecular formula is C36H55FN6O12P2S2Si2. The number of aromatic amines is 1. The van der Waals surface area contributed by atoms with Crippen LogP contribution >= 0.6 is 25.8 Å². The molecule has 0 aromatic carbocycles. The molecule has 5 heterocycles. The van der Waals surface area contributed by atoms with Gasteiger partial charge in [-0.15, -0.1) is 0 Å². The van der Waals surface area contributed by atoms with Crippen LogP contribution in [0, 0.1) is 23.1 Å². The number of H-pyrrole nitrogens is 1. The predicted octanol–water partition coefficient (Wildman–Crippen LogP) is 7.34. The van der Waals surface area contributed by atoms with Gasteiger partial charge in [0.05, 0.1) is 44.7 Å². The molecule has 25 heteroatoms. The van der Waals surface area contributed by atoms with Crippen molar-refractivity contribution >= 4 is 65.7 Å². The molecule has 3 fully saturated rings. The average Bonchev–Trinajstić information content (AvgIpc) is 3.84. The second-order valence-electron chi connectivity index (χ2n) is 16.6. The molecule has 338 valence electrons. The number of rotatable bonds is 14. The molecular weight excluding hydrogens is 910 g/mol. The number of thiol groups is 1. The third kappa shape index (κ3) is 10.6. The van der Waals surface area contributed by atoms with E-state index in [1.165, 1.54) is 10.9 Å². The van der Waals surface area contributed by atoms with Crippen molar-refractivity contribution in [2.75, 3.05) is 19.8 Å². The zero-order chi connectivity index (χ0) is 44.5. The van der Waals surface area contributed by atoms with Crippen LogP contribution in [-0.4, -0.2) is 96.8 Å². The van der Waals surface area contributed by atoms with Crippen LogP contribution in [-0.2, 0) is 52.3 Å². The first kappa shape index (κ1) is 48.5. The Balaban J connectivity index is 1.48. The van der Waals surface area contributed by atoms with Gasteiger partial charge in [-0.05, 0) is 40.4 Å². The van der Waals surface area contributed by atoms with E-state index in [4.69, 9.17) is 52.4 Å². The first-order valence-corrected chi connectivity index (χ1v) is 29.5. The molecule has 2 aliphatic heterocycles. The number of hydrogen-bond donors (Lipinski definition) is 3. The summed E-state index contributed by atoms with van der Waals surface area (Å²) >= 11 is 10.5. The van der Waals surface area contributed by atoms with Crippen LogP contribution < -0.4 is 10.3 Å². The molecule has 3 aliphatic rings. The lowest BCUT2D eigenvalue weighted by molar-refractivity contribution is -0.0505. The van der Waals surface area contributed by atoms with Gasteiger partial charge in [-0.3, -0.25) is 18.4 Å². The fourth-order valence-electron chi connectivity index (χ4n) is 8.10. The van der Waals surface area contributed by atoms with E-state index in [1.54, 1.807) is 12.3 Å². The normalized spacial score (nSPS) is 30.4. The maximum atomic E-state index is 15.7. The Labute approximate surface area is 366 Å². The van der Waals surface area contributed by atoms with Gasteiger partial charge in [-0.2, -0.15) is 5.26 Å². The molecule has 6 rings (SSSR count). The summed E-state index contributed by atoms with van der Waals surface area (Å²) in [4.78, 5) is 40.0. The van der Waals surface area contributed by atoms with Crippen molar-refractivity contribution in [2.24, 2.45) is 5.92 Å². The first-order valence-electron chi connectivity index (χ1n) is 20.2. The average molecular weight is 965 g/mol. The summed E-state index contributed by atoms with van der Waals surface area (Å²) in [5, 5.41) is 9.15. The smallest absolute Gasteiger partial charge is 0.386 e. The fraction of sp³-hybridized carbons (Fsp3) is 0.694. The monoisotopic (exact) mass is 964 g/mol. The highest BCUT2D eigenvalue weighted by Crippen LogP contribution is 2.60. The predicted molar refractivity (Wildman–Crippen MR) is 232 cm³/mol. The molecule has 0 amide bonds. The summed E-state index contributed by atoms with van der Waals surface area (Å²) in [7, 11) is -7.19. The lowest BCUT2D eigenvalue weighted by Gasteiger charge is -2.47. The third-order valence-corrected chi connectivity index (χ3v) is 25.0. The first-order chi connectivity index (χ1) is 28.7. The number of nitrogens with one attached hydrogen (secondary N) is 1. The molecule has 1 saturated carbocycles. The van der Waals surface area contributed by atoms with E-state index in [2.05, 4.69) is 32.2 Å². The van der Waals surface area contributed by atoms with Crippen molar-refractivity contribution in [3.8, 4) is 11.9 Å². The molecule has 61 heavy (non-hydrogen) atoms. The van der Waals surface area contributed by atoms with E-state index < -0.39 is 91.3 Å². The van der Waals surface area contributed by atoms with Crippen LogP contribution in [0.15, 0.2) is 35.9 Å². The van der Waals surface area contributed by atoms with Gasteiger partial charge in [0.2, 0.25) is 5.88 Å². The Bertz CT molecular complexity index is 2170. The van der Waals surface area contributed by atoms with Gasteiger partial charge in [0.1, 0.15) is 36.1 Å². The lowest BCUT2D eigenvalue weighted by Crippen LogP contribution is -2.62. The standard InChI is InChI=1S/C36H55FN6O12P2S2Si2/c1-21(2)60(46,22(3)4)55-61(23(5)6,24(7)8)54-32-29-18-48-56(45,58)52-28-15-26(50-30-10-12-39-19-40-30)14-25(28)17-49-57(59,47-13-9-11-38)53-33(32)36(51-29)43-16-27(37)31-34(43)41-20-42-35(31)44/h10,12,16,19-26,28-29,32-33,36,46H,9,13-15,17-18H2,1-8H3,(H,45,58)(H,41,42,44)/t25-,26-,28+,29-,32-,33-,36-,56-,57+/m1/s1. The van der Waals surface area contributed by atoms with Gasteiger partial charge in [-0.1, -0.05) is 67.6 Å². The summed E-state index contributed by atoms with van der Waals surface area (Å²) in [6, 6.07) is 3.65. The van der Waals surface area contributed by atoms with Gasteiger partial charge >= 0.3 is 30.6 Å². The second kappa shape index (κ2) is 19.6. The lowest BCUT2D eigenvalue weighted by atomic mass is 10.1. The molecule has 18 nitrogen and oxygen atoms in total. The van der Waals surface area contributed by atoms with Crippen molar-refractivity contribution in [3.05, 3.63) is 47.3 Å². The topological polar surface area (TPSA) is 221 Å². The van der Waals surface area contributed by atoms with Crippen LogP contribution in [0.3, 0.4) is 0 Å². The number of nitriles is 1. The number of fused-ring (bicyclic) bond motifs is 4. The van der Waals surface area contributed by atoms with Gasteiger partial charge in [-0.25, -0.2) is 23.9 Å². The number of halogens is 1. The third-order valence-electron chi connectivity index (χ3n) is 11.3. The summed E-state index contributed by atoms with van der Waals surface area (Å²) in [6.45, 7) is 6.58. The molecule has 3 aromatic heterocycles. The highest BCUT2D eigenvalue weighted by atomic mass is 32.7. The van der Waals surface area contributed by atoms with Crippen molar-refractivity contribution in [1.82, 2.24) is 24.5 Å². The summed E-state index contributed by atoms with van der Waals surface area (Å²) < 4.78 is 90.2. The zero-order valence-corrected chi connectivity index (χ0v) is 40.8. The molecule has 0 radical (unpaired) electrons.